The highest BCUT2D eigenvalue weighted by Crippen LogP contribution is 2.41. The van der Waals surface area contributed by atoms with Gasteiger partial charge < -0.3 is 39.0 Å². The third-order valence-corrected chi connectivity index (χ3v) is 12.4. The number of aryl methyl sites for hydroxylation is 1. The quantitative estimate of drug-likeness (QED) is 0.137. The van der Waals surface area contributed by atoms with Crippen LogP contribution in [0, 0.1) is 11.3 Å². The molecule has 16 heteroatoms. The number of phenolic OH excluding ortho intramolecular Hbond substituents is 1. The van der Waals surface area contributed by atoms with Gasteiger partial charge in [0.25, 0.3) is 5.91 Å². The number of rotatable bonds is 11. The van der Waals surface area contributed by atoms with E-state index in [1.54, 1.807) is 53.3 Å². The topological polar surface area (TPSA) is 185 Å². The van der Waals surface area contributed by atoms with Gasteiger partial charge in [-0.3, -0.25) is 29.2 Å². The number of benzene rings is 2. The Morgan fingerprint density at radius 1 is 1.07 bits per heavy atom. The van der Waals surface area contributed by atoms with Crippen LogP contribution in [0.1, 0.15) is 91.3 Å². The lowest BCUT2D eigenvalue weighted by molar-refractivity contribution is -0.155. The first kappa shape index (κ1) is 50.4. The predicted octanol–water partition coefficient (Wildman–Crippen LogP) is 6.63. The smallest absolute Gasteiger partial charge is 0.410 e. The van der Waals surface area contributed by atoms with E-state index in [-0.39, 0.29) is 50.1 Å². The largest absolute Gasteiger partial charge is 0.508 e. The van der Waals surface area contributed by atoms with E-state index >= 15 is 0 Å². The molecular weight excluding hydrogens is 855 g/mol. The van der Waals surface area contributed by atoms with Crippen molar-refractivity contribution in [3.63, 3.8) is 0 Å². The molecule has 0 saturated carbocycles. The van der Waals surface area contributed by atoms with Gasteiger partial charge in [-0.25, -0.2) is 10.2 Å². The van der Waals surface area contributed by atoms with E-state index in [1.807, 2.05) is 38.2 Å². The number of aromatic hydroxyl groups is 1. The average molecular weight is 924 g/mol. The van der Waals surface area contributed by atoms with Crippen LogP contribution in [0.5, 0.6) is 5.75 Å². The molecule has 1 saturated heterocycles. The Balaban J connectivity index is 1.40. The number of hydrogen-bond donors (Lipinski definition) is 3. The number of hydrogen-bond acceptors (Lipinski definition) is 11. The van der Waals surface area contributed by atoms with Gasteiger partial charge in [0.1, 0.15) is 29.5 Å². The average Bonchev–Trinajstić information content (AvgIpc) is 3.57. The summed E-state index contributed by atoms with van der Waals surface area (Å²) in [4.78, 5) is 76.5. The van der Waals surface area contributed by atoms with E-state index in [2.05, 4.69) is 53.2 Å². The van der Waals surface area contributed by atoms with Crippen LogP contribution in [0.25, 0.3) is 33.3 Å². The van der Waals surface area contributed by atoms with Crippen molar-refractivity contribution in [2.24, 2.45) is 11.3 Å². The fourth-order valence-corrected chi connectivity index (χ4v) is 9.14. The lowest BCUT2D eigenvalue weighted by Gasteiger charge is -2.37. The highest BCUT2D eigenvalue weighted by Gasteiger charge is 2.38. The molecule has 2 aliphatic heterocycles. The van der Waals surface area contributed by atoms with Gasteiger partial charge in [0, 0.05) is 88.0 Å². The van der Waals surface area contributed by atoms with Crippen LogP contribution < -0.4 is 10.7 Å². The van der Waals surface area contributed by atoms with Crippen LogP contribution in [0.15, 0.2) is 54.9 Å². The number of likely N-dealkylation sites (N-methyl/N-ethyl adjacent to an activating group) is 1. The van der Waals surface area contributed by atoms with Crippen molar-refractivity contribution in [3.8, 4) is 28.1 Å². The number of pyridine rings is 1. The summed E-state index contributed by atoms with van der Waals surface area (Å²) >= 11 is 0. The van der Waals surface area contributed by atoms with Gasteiger partial charge >= 0.3 is 12.1 Å². The first-order valence-electron chi connectivity index (χ1n) is 23.3. The molecule has 3 atom stereocenters. The Labute approximate surface area is 394 Å². The van der Waals surface area contributed by atoms with Crippen LogP contribution in [-0.4, -0.2) is 124 Å². The van der Waals surface area contributed by atoms with E-state index in [9.17, 15) is 29.1 Å². The molecule has 4 amide bonds. The van der Waals surface area contributed by atoms with Gasteiger partial charge in [0.05, 0.1) is 18.9 Å². The number of fused-ring (bicyclic) bond motifs is 6. The Kier molecular flexibility index (Phi) is 15.7. The van der Waals surface area contributed by atoms with Gasteiger partial charge in [-0.15, -0.1) is 0 Å². The molecule has 4 aromatic rings. The molecule has 0 unspecified atom stereocenters. The highest BCUT2D eigenvalue weighted by molar-refractivity contribution is 5.96. The second-order valence-corrected chi connectivity index (χ2v) is 20.0. The fraction of sp³-hybridized carbons (Fsp3) is 0.529. The van der Waals surface area contributed by atoms with Gasteiger partial charge in [-0.2, -0.15) is 0 Å². The van der Waals surface area contributed by atoms with Crippen LogP contribution >= 0.6 is 0 Å². The van der Waals surface area contributed by atoms with Crippen molar-refractivity contribution in [2.75, 3.05) is 40.9 Å². The summed E-state index contributed by atoms with van der Waals surface area (Å²) < 4.78 is 19.4. The maximum absolute atomic E-state index is 14.7. The molecule has 6 bridgehead atoms. The number of aromatic nitrogens is 2. The number of methoxy groups -OCH3 is 1. The third kappa shape index (κ3) is 11.9. The maximum Gasteiger partial charge on any atom is 0.410 e. The van der Waals surface area contributed by atoms with E-state index in [1.165, 1.54) is 21.9 Å². The van der Waals surface area contributed by atoms with Gasteiger partial charge in [-0.05, 0) is 111 Å². The lowest BCUT2D eigenvalue weighted by atomic mass is 9.84. The number of carbonyl (C=O) groups excluding carboxylic acids is 5. The highest BCUT2D eigenvalue weighted by atomic mass is 16.6. The number of nitrogens with zero attached hydrogens (tertiary/aromatic N) is 5. The summed E-state index contributed by atoms with van der Waals surface area (Å²) in [6.45, 7) is 16.6. The molecule has 2 aromatic heterocycles. The third-order valence-electron chi connectivity index (χ3n) is 12.4. The molecule has 67 heavy (non-hydrogen) atoms. The molecule has 0 aliphatic carbocycles. The summed E-state index contributed by atoms with van der Waals surface area (Å²) in [5, 5.41) is 16.6. The monoisotopic (exact) mass is 924 g/mol. The van der Waals surface area contributed by atoms with Crippen LogP contribution in [-0.2, 0) is 59.4 Å². The predicted molar refractivity (Wildman–Crippen MR) is 255 cm³/mol. The molecule has 0 radical (unpaired) electrons. The standard InChI is InChI=1S/C51H69N7O9/c1-12-57-42-16-15-33-26-37(42)38(45(57)39-28-52-19-17-34(39)29-65-11)27-51(7,8)30-66-48(63)40-14-13-20-58(54-40)47(62)41(24-32-22-35(33)25-36(59)23-32)53-46(61)44(31(2)3)56(10)43(60)18-21-55(9)49(64)67-50(4,5)6/h15-17,19,22-23,25-26,28,31,40-41,44,54,59H,12-14,18,20-21,24,27,29-30H2,1-11H3,(H,53,61)/t40-,41-,44-/m0/s1. The number of esters is 1. The summed E-state index contributed by atoms with van der Waals surface area (Å²) in [6.07, 6.45) is 4.44. The van der Waals surface area contributed by atoms with Gasteiger partial charge in [0.15, 0.2) is 0 Å². The number of phenols is 1. The van der Waals surface area contributed by atoms with Crippen molar-refractivity contribution in [1.82, 2.24) is 35.1 Å². The molecular formula is C51H69N7O9. The molecule has 3 N–H and O–H groups in total. The van der Waals surface area contributed by atoms with Gasteiger partial charge in [0.2, 0.25) is 11.8 Å². The van der Waals surface area contributed by atoms with Crippen molar-refractivity contribution in [3.05, 3.63) is 71.5 Å². The zero-order valence-electron chi connectivity index (χ0n) is 41.0. The fourth-order valence-electron chi connectivity index (χ4n) is 9.14. The number of ether oxygens (including phenoxy) is 3. The molecule has 2 aromatic carbocycles. The molecule has 6 rings (SSSR count). The molecule has 4 heterocycles. The molecule has 2 aliphatic rings. The molecule has 362 valence electrons. The first-order valence-corrected chi connectivity index (χ1v) is 23.3. The maximum atomic E-state index is 14.7. The summed E-state index contributed by atoms with van der Waals surface area (Å²) in [5.41, 5.74) is 8.95. The van der Waals surface area contributed by atoms with E-state index in [0.717, 1.165) is 38.9 Å². The SMILES string of the molecule is CCn1c(-c2cnccc2COC)c2c3cc(ccc31)-c1cc(O)cc(c1)C[C@H](NC(=O)[C@H](C(C)C)N(C)C(=O)CCN(C)C(=O)OC(C)(C)C)C(=O)N1CCC[C@H](N1)C(=O)OCC(C)(C)C2. The van der Waals surface area contributed by atoms with E-state index in [4.69, 9.17) is 14.2 Å². The van der Waals surface area contributed by atoms with Crippen molar-refractivity contribution in [1.29, 1.82) is 0 Å². The lowest BCUT2D eigenvalue weighted by Crippen LogP contribution is -2.62. The number of nitrogens with one attached hydrogen (secondary N) is 2. The second-order valence-electron chi connectivity index (χ2n) is 20.0. The summed E-state index contributed by atoms with van der Waals surface area (Å²) in [7, 11) is 4.75. The van der Waals surface area contributed by atoms with E-state index in [0.29, 0.717) is 43.5 Å². The minimum absolute atomic E-state index is 0.0205. The minimum atomic E-state index is -1.18. The zero-order chi connectivity index (χ0) is 49.0. The van der Waals surface area contributed by atoms with E-state index < -0.39 is 53.0 Å². The Morgan fingerprint density at radius 3 is 2.51 bits per heavy atom. The summed E-state index contributed by atoms with van der Waals surface area (Å²) in [6, 6.07) is 10.4. The van der Waals surface area contributed by atoms with Crippen molar-refractivity contribution >= 4 is 40.7 Å². The number of cyclic esters (lactones) is 1. The second kappa shape index (κ2) is 20.9. The van der Waals surface area contributed by atoms with Crippen LogP contribution in [0.3, 0.4) is 0 Å². The zero-order valence-corrected chi connectivity index (χ0v) is 41.0. The number of hydrazine groups is 1. The van der Waals surface area contributed by atoms with Gasteiger partial charge in [-0.1, -0.05) is 39.8 Å². The van der Waals surface area contributed by atoms with Crippen LogP contribution in [0.2, 0.25) is 0 Å². The Bertz CT molecular complexity index is 2470. The first-order chi connectivity index (χ1) is 31.6. The molecule has 16 nitrogen and oxygen atoms in total. The Hall–Kier alpha value is -6.00. The summed E-state index contributed by atoms with van der Waals surface area (Å²) in [5.74, 6) is -2.31. The number of amides is 4. The van der Waals surface area contributed by atoms with Crippen LogP contribution in [0.4, 0.5) is 4.79 Å². The number of carbonyl (C=O) groups is 5. The minimum Gasteiger partial charge on any atom is -0.508 e. The van der Waals surface area contributed by atoms with Crippen molar-refractivity contribution < 1.29 is 43.3 Å². The molecule has 1 fully saturated rings. The normalized spacial score (nSPS) is 18.2. The Morgan fingerprint density at radius 2 is 1.82 bits per heavy atom. The van der Waals surface area contributed by atoms with Crippen molar-refractivity contribution in [2.45, 2.75) is 124 Å². The molecule has 0 spiro atoms.